The van der Waals surface area contributed by atoms with E-state index in [1.54, 1.807) is 19.1 Å². The lowest BCUT2D eigenvalue weighted by molar-refractivity contribution is -0.154. The summed E-state index contributed by atoms with van der Waals surface area (Å²) in [5, 5.41) is 11.9. The maximum absolute atomic E-state index is 12.1. The van der Waals surface area contributed by atoms with Crippen LogP contribution in [0.15, 0.2) is 109 Å². The number of carboxylic acids is 1. The number of rotatable bonds is 6. The minimum atomic E-state index is -1.48. The van der Waals surface area contributed by atoms with E-state index in [0.29, 0.717) is 11.3 Å². The van der Waals surface area contributed by atoms with Gasteiger partial charge in [0.25, 0.3) is 0 Å². The third kappa shape index (κ3) is 3.99. The smallest absolute Gasteiger partial charge is 0.352 e. The number of aliphatic carboxylic acids is 1. The second-order valence-corrected chi connectivity index (χ2v) is 8.18. The van der Waals surface area contributed by atoms with Gasteiger partial charge >= 0.3 is 5.97 Å². The first-order chi connectivity index (χ1) is 16.0. The molecule has 0 spiro atoms. The summed E-state index contributed by atoms with van der Waals surface area (Å²) in [6.07, 6.45) is 0. The highest BCUT2D eigenvalue weighted by molar-refractivity contribution is 5.88. The molecule has 0 aliphatic heterocycles. The molecule has 33 heavy (non-hydrogen) atoms. The maximum Gasteiger partial charge on any atom is 0.352 e. The zero-order valence-electron chi connectivity index (χ0n) is 18.2. The van der Waals surface area contributed by atoms with Crippen molar-refractivity contribution in [3.05, 3.63) is 115 Å². The molecule has 5 aromatic rings. The van der Waals surface area contributed by atoms with Crippen LogP contribution < -0.4 is 4.74 Å². The first kappa shape index (κ1) is 20.6. The van der Waals surface area contributed by atoms with E-state index >= 15 is 0 Å². The molecular formula is C29H23NO3. The monoisotopic (exact) mass is 433 g/mol. The molecule has 0 saturated heterocycles. The maximum atomic E-state index is 12.1. The number of hydrogen-bond donors (Lipinski definition) is 2. The second kappa shape index (κ2) is 8.32. The molecule has 5 rings (SSSR count). The number of carbonyl (C=O) groups is 1. The summed E-state index contributed by atoms with van der Waals surface area (Å²) in [5.74, 6) is -0.527. The lowest BCUT2D eigenvalue weighted by atomic mass is 9.95. The predicted molar refractivity (Wildman–Crippen MR) is 131 cm³/mol. The van der Waals surface area contributed by atoms with Crippen molar-refractivity contribution < 1.29 is 14.6 Å². The molecule has 2 N–H and O–H groups in total. The molecule has 0 amide bonds. The van der Waals surface area contributed by atoms with E-state index in [9.17, 15) is 9.90 Å². The van der Waals surface area contributed by atoms with Crippen LogP contribution in [0.25, 0.3) is 33.3 Å². The van der Waals surface area contributed by atoms with Gasteiger partial charge in [0.1, 0.15) is 5.75 Å². The minimum Gasteiger partial charge on any atom is -0.478 e. The Kier molecular flexibility index (Phi) is 5.19. The highest BCUT2D eigenvalue weighted by Gasteiger charge is 2.37. The van der Waals surface area contributed by atoms with Gasteiger partial charge in [-0.05, 0) is 59.2 Å². The summed E-state index contributed by atoms with van der Waals surface area (Å²) >= 11 is 0. The lowest BCUT2D eigenvalue weighted by Gasteiger charge is -2.27. The van der Waals surface area contributed by atoms with Crippen molar-refractivity contribution in [3.63, 3.8) is 0 Å². The number of nitrogens with one attached hydrogen (secondary N) is 1. The Balaban J connectivity index is 1.44. The van der Waals surface area contributed by atoms with Crippen LogP contribution in [0.5, 0.6) is 5.75 Å². The third-order valence-electron chi connectivity index (χ3n) is 5.95. The summed E-state index contributed by atoms with van der Waals surface area (Å²) in [5.41, 5.74) is 3.45. The quantitative estimate of drug-likeness (QED) is 0.307. The number of carboxylic acid groups (broad SMARTS) is 1. The molecule has 0 aliphatic carbocycles. The van der Waals surface area contributed by atoms with E-state index < -0.39 is 11.6 Å². The zero-order valence-corrected chi connectivity index (χ0v) is 18.2. The Bertz CT molecular complexity index is 1420. The topological polar surface area (TPSA) is 62.3 Å². The largest absolute Gasteiger partial charge is 0.478 e. The molecule has 1 aromatic heterocycles. The standard InChI is InChI=1S/C29H23NO3/c1-29(28(31)32,24-10-6-3-7-11-24)33-25-15-14-21-18-23(13-12-22(21)19-25)27-17-16-26(30-27)20-8-4-2-5-9-20/h2-19,30H,1H3,(H,31,32). The van der Waals surface area contributed by atoms with E-state index in [4.69, 9.17) is 4.74 Å². The molecule has 4 heteroatoms. The Hall–Kier alpha value is -4.31. The van der Waals surface area contributed by atoms with Crippen molar-refractivity contribution in [1.29, 1.82) is 0 Å². The fraction of sp³-hybridized carbons (Fsp3) is 0.0690. The Morgan fingerprint density at radius 1 is 0.727 bits per heavy atom. The SMILES string of the molecule is CC(Oc1ccc2cc(-c3ccc(-c4ccccc4)[nH]3)ccc2c1)(C(=O)O)c1ccccc1. The number of aromatic nitrogens is 1. The number of benzene rings is 4. The van der Waals surface area contributed by atoms with Gasteiger partial charge in [-0.3, -0.25) is 0 Å². The van der Waals surface area contributed by atoms with Crippen LogP contribution in [-0.2, 0) is 10.4 Å². The molecule has 1 heterocycles. The molecule has 0 fully saturated rings. The first-order valence-corrected chi connectivity index (χ1v) is 10.8. The van der Waals surface area contributed by atoms with Crippen molar-refractivity contribution >= 4 is 16.7 Å². The summed E-state index contributed by atoms with van der Waals surface area (Å²) in [6, 6.07) is 35.3. The normalized spacial score (nSPS) is 12.9. The van der Waals surface area contributed by atoms with Crippen LogP contribution in [-0.4, -0.2) is 16.1 Å². The molecule has 0 saturated carbocycles. The van der Waals surface area contributed by atoms with Gasteiger partial charge in [0.2, 0.25) is 5.60 Å². The van der Waals surface area contributed by atoms with Gasteiger partial charge in [-0.25, -0.2) is 4.79 Å². The number of fused-ring (bicyclic) bond motifs is 1. The minimum absolute atomic E-state index is 0.509. The third-order valence-corrected chi connectivity index (χ3v) is 5.95. The van der Waals surface area contributed by atoms with E-state index in [0.717, 1.165) is 33.3 Å². The zero-order chi connectivity index (χ0) is 22.8. The number of aromatic amines is 1. The Morgan fingerprint density at radius 3 is 2.03 bits per heavy atom. The number of H-pyrrole nitrogens is 1. The Labute approximate surface area is 192 Å². The van der Waals surface area contributed by atoms with Gasteiger partial charge in [0.05, 0.1) is 0 Å². The highest BCUT2D eigenvalue weighted by atomic mass is 16.5. The van der Waals surface area contributed by atoms with E-state index in [2.05, 4.69) is 41.4 Å². The van der Waals surface area contributed by atoms with Crippen LogP contribution in [0, 0.1) is 0 Å². The molecule has 4 aromatic carbocycles. The lowest BCUT2D eigenvalue weighted by Crippen LogP contribution is -2.38. The summed E-state index contributed by atoms with van der Waals surface area (Å²) in [7, 11) is 0. The average Bonchev–Trinajstić information content (AvgIpc) is 3.35. The highest BCUT2D eigenvalue weighted by Crippen LogP contribution is 2.32. The van der Waals surface area contributed by atoms with E-state index in [-0.39, 0.29) is 0 Å². The van der Waals surface area contributed by atoms with Gasteiger partial charge in [-0.15, -0.1) is 0 Å². The average molecular weight is 434 g/mol. The van der Waals surface area contributed by atoms with Crippen molar-refractivity contribution in [3.8, 4) is 28.3 Å². The number of hydrogen-bond acceptors (Lipinski definition) is 2. The van der Waals surface area contributed by atoms with Gasteiger partial charge in [0, 0.05) is 17.0 Å². The summed E-state index contributed by atoms with van der Waals surface area (Å²) in [4.78, 5) is 15.6. The molecule has 4 nitrogen and oxygen atoms in total. The van der Waals surface area contributed by atoms with Crippen molar-refractivity contribution in [1.82, 2.24) is 4.98 Å². The van der Waals surface area contributed by atoms with Gasteiger partial charge in [0.15, 0.2) is 0 Å². The van der Waals surface area contributed by atoms with Gasteiger partial charge in [-0.1, -0.05) is 78.9 Å². The molecule has 0 aliphatic rings. The van der Waals surface area contributed by atoms with Gasteiger partial charge < -0.3 is 14.8 Å². The van der Waals surface area contributed by atoms with Crippen molar-refractivity contribution in [2.75, 3.05) is 0 Å². The molecule has 1 unspecified atom stereocenters. The first-order valence-electron chi connectivity index (χ1n) is 10.8. The molecular weight excluding hydrogens is 410 g/mol. The van der Waals surface area contributed by atoms with Crippen LogP contribution in [0.2, 0.25) is 0 Å². The number of ether oxygens (including phenoxy) is 1. The second-order valence-electron chi connectivity index (χ2n) is 8.18. The summed E-state index contributed by atoms with van der Waals surface area (Å²) < 4.78 is 6.02. The van der Waals surface area contributed by atoms with E-state index in [1.807, 2.05) is 60.7 Å². The van der Waals surface area contributed by atoms with Crippen LogP contribution >= 0.6 is 0 Å². The van der Waals surface area contributed by atoms with Crippen LogP contribution in [0.4, 0.5) is 0 Å². The Morgan fingerprint density at radius 2 is 1.33 bits per heavy atom. The molecule has 0 radical (unpaired) electrons. The van der Waals surface area contributed by atoms with Crippen molar-refractivity contribution in [2.24, 2.45) is 0 Å². The fourth-order valence-electron chi connectivity index (χ4n) is 4.02. The molecule has 1 atom stereocenters. The van der Waals surface area contributed by atoms with Crippen molar-refractivity contribution in [2.45, 2.75) is 12.5 Å². The van der Waals surface area contributed by atoms with Crippen LogP contribution in [0.1, 0.15) is 12.5 Å². The van der Waals surface area contributed by atoms with Crippen LogP contribution in [0.3, 0.4) is 0 Å². The fourth-order valence-corrected chi connectivity index (χ4v) is 4.02. The summed E-state index contributed by atoms with van der Waals surface area (Å²) in [6.45, 7) is 1.58. The van der Waals surface area contributed by atoms with Gasteiger partial charge in [-0.2, -0.15) is 0 Å². The predicted octanol–water partition coefficient (Wildman–Crippen LogP) is 6.88. The molecule has 162 valence electrons. The van der Waals surface area contributed by atoms with E-state index in [1.165, 1.54) is 0 Å². The molecule has 0 bridgehead atoms.